The smallest absolute Gasteiger partial charge is 0.162 e. The maximum absolute atomic E-state index is 6.04. The lowest BCUT2D eigenvalue weighted by atomic mass is 9.99. The van der Waals surface area contributed by atoms with Gasteiger partial charge in [0.25, 0.3) is 0 Å². The van der Waals surface area contributed by atoms with Crippen LogP contribution in [0.1, 0.15) is 12.0 Å². The normalized spacial score (nSPS) is 14.3. The van der Waals surface area contributed by atoms with Gasteiger partial charge in [0.15, 0.2) is 5.82 Å². The minimum absolute atomic E-state index is 0.329. The van der Waals surface area contributed by atoms with E-state index in [4.69, 9.17) is 23.2 Å². The van der Waals surface area contributed by atoms with E-state index in [1.165, 1.54) is 11.3 Å². The molecular weight excluding hydrogens is 361 g/mol. The molecule has 3 nitrogen and oxygen atoms in total. The number of halogens is 3. The Hall–Kier alpha value is -0.840. The highest BCUT2D eigenvalue weighted by Crippen LogP contribution is 2.33. The summed E-state index contributed by atoms with van der Waals surface area (Å²) in [6.45, 7) is 1.10. The van der Waals surface area contributed by atoms with Crippen molar-refractivity contribution in [2.45, 2.75) is 12.8 Å². The number of hydrogen-bond donors (Lipinski definition) is 0. The van der Waals surface area contributed by atoms with Crippen molar-refractivity contribution in [1.29, 1.82) is 0 Å². The van der Waals surface area contributed by atoms with Crippen molar-refractivity contribution in [2.24, 2.45) is 0 Å². The van der Waals surface area contributed by atoms with E-state index in [0.717, 1.165) is 24.9 Å². The molecule has 0 atom stereocenters. The van der Waals surface area contributed by atoms with Crippen molar-refractivity contribution in [3.63, 3.8) is 0 Å². The summed E-state index contributed by atoms with van der Waals surface area (Å²) in [6.07, 6.45) is 2.24. The van der Waals surface area contributed by atoms with Crippen LogP contribution in [-0.2, 0) is 6.42 Å². The molecule has 0 fully saturated rings. The van der Waals surface area contributed by atoms with Crippen molar-refractivity contribution < 1.29 is 0 Å². The van der Waals surface area contributed by atoms with Crippen LogP contribution in [0.25, 0.3) is 11.4 Å². The first-order valence-corrected chi connectivity index (χ1v) is 7.84. The highest BCUT2D eigenvalue weighted by atomic mass is 79.9. The van der Waals surface area contributed by atoms with Gasteiger partial charge < -0.3 is 4.90 Å². The van der Waals surface area contributed by atoms with Gasteiger partial charge >= 0.3 is 0 Å². The molecule has 0 radical (unpaired) electrons. The van der Waals surface area contributed by atoms with Crippen molar-refractivity contribution in [2.75, 3.05) is 18.5 Å². The maximum Gasteiger partial charge on any atom is 0.162 e. The molecule has 3 rings (SSSR count). The molecule has 6 heteroatoms. The van der Waals surface area contributed by atoms with E-state index in [-0.39, 0.29) is 0 Å². The molecule has 0 bridgehead atoms. The van der Waals surface area contributed by atoms with Gasteiger partial charge in [-0.1, -0.05) is 23.2 Å². The Bertz CT molecular complexity index is 652. The second-order valence-electron chi connectivity index (χ2n) is 4.81. The van der Waals surface area contributed by atoms with Gasteiger partial charge in [-0.25, -0.2) is 9.97 Å². The average Bonchev–Trinajstić information content (AvgIpc) is 2.44. The number of hydrogen-bond acceptors (Lipinski definition) is 3. The third-order valence-electron chi connectivity index (χ3n) is 3.46. The highest BCUT2D eigenvalue weighted by Gasteiger charge is 2.16. The van der Waals surface area contributed by atoms with Crippen LogP contribution in [0.3, 0.4) is 0 Å². The van der Waals surface area contributed by atoms with Crippen LogP contribution in [0.15, 0.2) is 22.7 Å². The van der Waals surface area contributed by atoms with Crippen LogP contribution in [0, 0.1) is 0 Å². The topological polar surface area (TPSA) is 29.0 Å². The molecule has 2 aromatic rings. The zero-order valence-electron chi connectivity index (χ0n) is 10.8. The van der Waals surface area contributed by atoms with Gasteiger partial charge in [0, 0.05) is 24.8 Å². The standard InChI is InChI=1S/C14H12BrCl2N3/c1-20-6-2-3-8-7-9(4-5-10(8)20)14-18-12(16)11(15)13(17)19-14/h4-5,7H,2-3,6H2,1H3. The Labute approximate surface area is 136 Å². The quantitative estimate of drug-likeness (QED) is 0.685. The number of anilines is 1. The van der Waals surface area contributed by atoms with Gasteiger partial charge in [-0.2, -0.15) is 0 Å². The zero-order chi connectivity index (χ0) is 14.3. The van der Waals surface area contributed by atoms with Crippen LogP contribution >= 0.6 is 39.1 Å². The number of aryl methyl sites for hydroxylation is 1. The minimum Gasteiger partial charge on any atom is -0.374 e. The van der Waals surface area contributed by atoms with Crippen molar-refractivity contribution in [3.8, 4) is 11.4 Å². The van der Waals surface area contributed by atoms with Gasteiger partial charge in [-0.15, -0.1) is 0 Å². The number of nitrogens with zero attached hydrogens (tertiary/aromatic N) is 3. The molecule has 0 spiro atoms. The van der Waals surface area contributed by atoms with Crippen molar-refractivity contribution >= 4 is 44.8 Å². The molecule has 0 saturated carbocycles. The number of benzene rings is 1. The molecule has 1 aromatic carbocycles. The SMILES string of the molecule is CN1CCCc2cc(-c3nc(Cl)c(Br)c(Cl)n3)ccc21. The predicted molar refractivity (Wildman–Crippen MR) is 86.8 cm³/mol. The van der Waals surface area contributed by atoms with E-state index in [1.54, 1.807) is 0 Å². The summed E-state index contributed by atoms with van der Waals surface area (Å²) < 4.78 is 0.530. The molecule has 20 heavy (non-hydrogen) atoms. The van der Waals surface area contributed by atoms with Crippen LogP contribution in [0.2, 0.25) is 10.3 Å². The maximum atomic E-state index is 6.04. The fourth-order valence-corrected chi connectivity index (χ4v) is 3.01. The van der Waals surface area contributed by atoms with Gasteiger partial charge in [0.2, 0.25) is 0 Å². The van der Waals surface area contributed by atoms with E-state index in [0.29, 0.717) is 20.6 Å². The van der Waals surface area contributed by atoms with E-state index < -0.39 is 0 Å². The lowest BCUT2D eigenvalue weighted by Crippen LogP contribution is -2.24. The predicted octanol–water partition coefficient (Wildman–Crippen LogP) is 4.60. The van der Waals surface area contributed by atoms with Gasteiger partial charge in [-0.05, 0) is 52.5 Å². The van der Waals surface area contributed by atoms with E-state index in [9.17, 15) is 0 Å². The molecule has 0 saturated heterocycles. The molecule has 1 aliphatic rings. The summed E-state index contributed by atoms with van der Waals surface area (Å²) in [5.41, 5.74) is 3.53. The number of fused-ring (bicyclic) bond motifs is 1. The lowest BCUT2D eigenvalue weighted by Gasteiger charge is -2.27. The Morgan fingerprint density at radius 3 is 2.60 bits per heavy atom. The van der Waals surface area contributed by atoms with Crippen molar-refractivity contribution in [1.82, 2.24) is 9.97 Å². The third-order valence-corrected chi connectivity index (χ3v) is 5.21. The Balaban J connectivity index is 2.07. The second-order valence-corrected chi connectivity index (χ2v) is 6.32. The molecule has 0 N–H and O–H groups in total. The van der Waals surface area contributed by atoms with E-state index in [1.807, 2.05) is 6.07 Å². The zero-order valence-corrected chi connectivity index (χ0v) is 13.9. The Kier molecular flexibility index (Phi) is 3.89. The molecule has 2 heterocycles. The fourth-order valence-electron chi connectivity index (χ4n) is 2.45. The van der Waals surface area contributed by atoms with E-state index in [2.05, 4.69) is 50.0 Å². The number of aromatic nitrogens is 2. The monoisotopic (exact) mass is 371 g/mol. The first-order chi connectivity index (χ1) is 9.56. The van der Waals surface area contributed by atoms with E-state index >= 15 is 0 Å². The molecule has 1 aromatic heterocycles. The summed E-state index contributed by atoms with van der Waals surface area (Å²) in [7, 11) is 2.11. The third kappa shape index (κ3) is 2.52. The first-order valence-electron chi connectivity index (χ1n) is 6.29. The minimum atomic E-state index is 0.329. The molecule has 0 amide bonds. The van der Waals surface area contributed by atoms with Gasteiger partial charge in [0.05, 0.1) is 4.47 Å². The first kappa shape index (κ1) is 14.1. The summed E-state index contributed by atoms with van der Waals surface area (Å²) in [5.74, 6) is 0.555. The number of rotatable bonds is 1. The Morgan fingerprint density at radius 2 is 1.90 bits per heavy atom. The van der Waals surface area contributed by atoms with Crippen LogP contribution in [-0.4, -0.2) is 23.6 Å². The molecule has 1 aliphatic heterocycles. The van der Waals surface area contributed by atoms with Crippen molar-refractivity contribution in [3.05, 3.63) is 38.5 Å². The summed E-state index contributed by atoms with van der Waals surface area (Å²) in [5, 5.41) is 0.657. The average molecular weight is 373 g/mol. The lowest BCUT2D eigenvalue weighted by molar-refractivity contribution is 0.744. The van der Waals surface area contributed by atoms with Gasteiger partial charge in [-0.3, -0.25) is 0 Å². The van der Waals surface area contributed by atoms with Crippen LogP contribution < -0.4 is 4.90 Å². The molecule has 0 unspecified atom stereocenters. The van der Waals surface area contributed by atoms with Gasteiger partial charge in [0.1, 0.15) is 10.3 Å². The summed E-state index contributed by atoms with van der Waals surface area (Å²) in [6, 6.07) is 6.24. The Morgan fingerprint density at radius 1 is 1.20 bits per heavy atom. The summed E-state index contributed by atoms with van der Waals surface area (Å²) in [4.78, 5) is 10.8. The van der Waals surface area contributed by atoms with Crippen LogP contribution in [0.4, 0.5) is 5.69 Å². The fraction of sp³-hybridized carbons (Fsp3) is 0.286. The highest BCUT2D eigenvalue weighted by molar-refractivity contribution is 9.10. The van der Waals surface area contributed by atoms with Crippen LogP contribution in [0.5, 0.6) is 0 Å². The largest absolute Gasteiger partial charge is 0.374 e. The second kappa shape index (κ2) is 5.51. The molecular formula is C14H12BrCl2N3. The molecule has 0 aliphatic carbocycles. The molecule has 104 valence electrons. The summed E-state index contributed by atoms with van der Waals surface area (Å²) >= 11 is 15.3.